The van der Waals surface area contributed by atoms with Crippen LogP contribution in [-0.2, 0) is 19.1 Å². The summed E-state index contributed by atoms with van der Waals surface area (Å²) in [5.41, 5.74) is 0. The lowest BCUT2D eigenvalue weighted by atomic mass is 9.93. The first kappa shape index (κ1) is 13.7. The Hall–Kier alpha value is -1.39. The first-order valence-electron chi connectivity index (χ1n) is 5.91. The number of nitrogens with zero attached hydrogens (tertiary/aromatic N) is 1. The predicted octanol–water partition coefficient (Wildman–Crippen LogP) is 0.910. The molecule has 1 aliphatic rings. The van der Waals surface area contributed by atoms with E-state index >= 15 is 0 Å². The molecule has 0 radical (unpaired) electrons. The van der Waals surface area contributed by atoms with Gasteiger partial charge in [0.1, 0.15) is 0 Å². The maximum atomic E-state index is 11.8. The van der Waals surface area contributed by atoms with Gasteiger partial charge < -0.3 is 9.64 Å². The van der Waals surface area contributed by atoms with Crippen molar-refractivity contribution in [3.8, 4) is 0 Å². The lowest BCUT2D eigenvalue weighted by Crippen LogP contribution is -2.44. The summed E-state index contributed by atoms with van der Waals surface area (Å²) in [5, 5.41) is 0. The van der Waals surface area contributed by atoms with Gasteiger partial charge in [-0.15, -0.1) is 0 Å². The van der Waals surface area contributed by atoms with Gasteiger partial charge in [0, 0.05) is 19.9 Å². The van der Waals surface area contributed by atoms with E-state index in [2.05, 4.69) is 4.74 Å². The molecular weight excluding hydrogens is 222 g/mol. The minimum atomic E-state index is -0.401. The number of carbonyl (C=O) groups is 3. The first-order valence-corrected chi connectivity index (χ1v) is 5.91. The molecule has 1 saturated carbocycles. The molecule has 1 atom stereocenters. The number of hydrogen-bond donors (Lipinski definition) is 0. The highest BCUT2D eigenvalue weighted by Crippen LogP contribution is 2.19. The van der Waals surface area contributed by atoms with Crippen LogP contribution >= 0.6 is 0 Å². The Morgan fingerprint density at radius 3 is 2.65 bits per heavy atom. The fourth-order valence-corrected chi connectivity index (χ4v) is 2.04. The van der Waals surface area contributed by atoms with E-state index in [1.54, 1.807) is 7.05 Å². The van der Waals surface area contributed by atoms with Gasteiger partial charge in [-0.3, -0.25) is 14.4 Å². The van der Waals surface area contributed by atoms with Crippen molar-refractivity contribution in [3.63, 3.8) is 0 Å². The molecule has 1 aliphatic carbocycles. The molecule has 1 fully saturated rings. The molecule has 0 N–H and O–H groups in total. The quantitative estimate of drug-likeness (QED) is 0.686. The smallest absolute Gasteiger partial charge is 0.306 e. The first-order chi connectivity index (χ1) is 8.06. The fourth-order valence-electron chi connectivity index (χ4n) is 2.04. The number of rotatable bonds is 4. The zero-order chi connectivity index (χ0) is 12.8. The number of amides is 1. The van der Waals surface area contributed by atoms with Crippen LogP contribution in [0.25, 0.3) is 0 Å². The largest absolute Gasteiger partial charge is 0.469 e. The van der Waals surface area contributed by atoms with Gasteiger partial charge in [0.15, 0.2) is 5.78 Å². The van der Waals surface area contributed by atoms with Crippen molar-refractivity contribution in [1.82, 2.24) is 4.90 Å². The van der Waals surface area contributed by atoms with Crippen LogP contribution in [-0.4, -0.2) is 42.8 Å². The number of likely N-dealkylation sites (N-methyl/N-ethyl adjacent to an activating group) is 1. The van der Waals surface area contributed by atoms with Crippen LogP contribution in [0, 0.1) is 0 Å². The summed E-state index contributed by atoms with van der Waals surface area (Å²) >= 11 is 0. The summed E-state index contributed by atoms with van der Waals surface area (Å²) in [6, 6.07) is -0.297. The molecule has 0 aromatic rings. The zero-order valence-electron chi connectivity index (χ0n) is 10.4. The maximum Gasteiger partial charge on any atom is 0.306 e. The Bertz CT molecular complexity index is 314. The molecule has 0 heterocycles. The van der Waals surface area contributed by atoms with Gasteiger partial charge in [-0.05, 0) is 12.8 Å². The van der Waals surface area contributed by atoms with Crippen molar-refractivity contribution >= 4 is 17.7 Å². The number of carbonyl (C=O) groups excluding carboxylic acids is 3. The molecule has 5 nitrogen and oxygen atoms in total. The molecule has 5 heteroatoms. The van der Waals surface area contributed by atoms with Crippen molar-refractivity contribution in [2.45, 2.75) is 44.6 Å². The Balaban J connectivity index is 2.45. The minimum Gasteiger partial charge on any atom is -0.469 e. The summed E-state index contributed by atoms with van der Waals surface area (Å²) in [5.74, 6) is -0.442. The van der Waals surface area contributed by atoms with Crippen molar-refractivity contribution in [2.24, 2.45) is 0 Å². The second-order valence-corrected chi connectivity index (χ2v) is 4.31. The average Bonchev–Trinajstić information content (AvgIpc) is 2.35. The van der Waals surface area contributed by atoms with Gasteiger partial charge in [0.05, 0.1) is 19.6 Å². The molecule has 1 amide bonds. The van der Waals surface area contributed by atoms with Crippen LogP contribution in [0.1, 0.15) is 38.5 Å². The van der Waals surface area contributed by atoms with Crippen LogP contribution in [0.4, 0.5) is 0 Å². The van der Waals surface area contributed by atoms with E-state index in [1.165, 1.54) is 12.0 Å². The van der Waals surface area contributed by atoms with Crippen molar-refractivity contribution in [2.75, 3.05) is 14.2 Å². The monoisotopic (exact) mass is 241 g/mol. The van der Waals surface area contributed by atoms with E-state index in [0.29, 0.717) is 6.42 Å². The highest BCUT2D eigenvalue weighted by molar-refractivity contribution is 5.90. The van der Waals surface area contributed by atoms with E-state index in [9.17, 15) is 14.4 Å². The third kappa shape index (κ3) is 3.84. The predicted molar refractivity (Wildman–Crippen MR) is 61.3 cm³/mol. The number of ketones is 1. The lowest BCUT2D eigenvalue weighted by molar-refractivity contribution is -0.145. The number of methoxy groups -OCH3 is 1. The number of Topliss-reactive ketones (excluding diaryl/α,β-unsaturated/α-hetero) is 1. The Morgan fingerprint density at radius 2 is 2.06 bits per heavy atom. The molecule has 0 aromatic heterocycles. The van der Waals surface area contributed by atoms with E-state index in [1.807, 2.05) is 0 Å². The summed E-state index contributed by atoms with van der Waals surface area (Å²) < 4.78 is 4.47. The van der Waals surface area contributed by atoms with Gasteiger partial charge >= 0.3 is 5.97 Å². The molecular formula is C12H19NO4. The number of esters is 1. The van der Waals surface area contributed by atoms with Gasteiger partial charge in [-0.25, -0.2) is 0 Å². The van der Waals surface area contributed by atoms with Gasteiger partial charge in [-0.2, -0.15) is 0 Å². The normalized spacial score (nSPS) is 19.9. The van der Waals surface area contributed by atoms with E-state index in [-0.39, 0.29) is 30.6 Å². The second-order valence-electron chi connectivity index (χ2n) is 4.31. The highest BCUT2D eigenvalue weighted by atomic mass is 16.5. The molecule has 0 aliphatic heterocycles. The summed E-state index contributed by atoms with van der Waals surface area (Å²) in [6.07, 6.45) is 3.36. The lowest BCUT2D eigenvalue weighted by Gasteiger charge is -2.29. The second kappa shape index (κ2) is 6.37. The summed E-state index contributed by atoms with van der Waals surface area (Å²) in [6.45, 7) is 0. The van der Waals surface area contributed by atoms with E-state index in [4.69, 9.17) is 0 Å². The number of ether oxygens (including phenoxy) is 1. The third-order valence-corrected chi connectivity index (χ3v) is 3.15. The van der Waals surface area contributed by atoms with Crippen LogP contribution in [0.2, 0.25) is 0 Å². The summed E-state index contributed by atoms with van der Waals surface area (Å²) in [4.78, 5) is 35.8. The molecule has 0 saturated heterocycles. The van der Waals surface area contributed by atoms with Crippen LogP contribution in [0.15, 0.2) is 0 Å². The van der Waals surface area contributed by atoms with Crippen LogP contribution in [0.3, 0.4) is 0 Å². The standard InChI is InChI=1S/C12H19NO4/c1-13(9-5-3-4-6-10(9)14)11(15)7-8-12(16)17-2/h9H,3-8H2,1-2H3. The number of hydrogen-bond acceptors (Lipinski definition) is 4. The van der Waals surface area contributed by atoms with Crippen LogP contribution in [0.5, 0.6) is 0 Å². The van der Waals surface area contributed by atoms with E-state index < -0.39 is 5.97 Å². The SMILES string of the molecule is COC(=O)CCC(=O)N(C)C1CCCCC1=O. The molecule has 1 unspecified atom stereocenters. The highest BCUT2D eigenvalue weighted by Gasteiger charge is 2.28. The third-order valence-electron chi connectivity index (χ3n) is 3.15. The fraction of sp³-hybridized carbons (Fsp3) is 0.750. The van der Waals surface area contributed by atoms with E-state index in [0.717, 1.165) is 19.3 Å². The van der Waals surface area contributed by atoms with Crippen molar-refractivity contribution < 1.29 is 19.1 Å². The topological polar surface area (TPSA) is 63.7 Å². The molecule has 0 bridgehead atoms. The Kier molecular flexibility index (Phi) is 5.12. The minimum absolute atomic E-state index is 0.0700. The maximum absolute atomic E-state index is 11.8. The molecule has 17 heavy (non-hydrogen) atoms. The van der Waals surface area contributed by atoms with Crippen molar-refractivity contribution in [3.05, 3.63) is 0 Å². The van der Waals surface area contributed by atoms with Crippen LogP contribution < -0.4 is 0 Å². The van der Waals surface area contributed by atoms with Gasteiger partial charge in [0.2, 0.25) is 5.91 Å². The van der Waals surface area contributed by atoms with Crippen molar-refractivity contribution in [1.29, 1.82) is 0 Å². The zero-order valence-corrected chi connectivity index (χ0v) is 10.4. The molecule has 1 rings (SSSR count). The summed E-state index contributed by atoms with van der Waals surface area (Å²) in [7, 11) is 2.93. The molecule has 0 spiro atoms. The Morgan fingerprint density at radius 1 is 1.35 bits per heavy atom. The molecule has 96 valence electrons. The van der Waals surface area contributed by atoms with Gasteiger partial charge in [-0.1, -0.05) is 6.42 Å². The molecule has 0 aromatic carbocycles. The van der Waals surface area contributed by atoms with Gasteiger partial charge in [0.25, 0.3) is 0 Å². The average molecular weight is 241 g/mol. The Labute approximate surface area is 101 Å².